The molecule has 1 aliphatic heterocycles. The minimum Gasteiger partial charge on any atom is -0.328 e. The van der Waals surface area contributed by atoms with Gasteiger partial charge in [0.2, 0.25) is 11.9 Å². The average molecular weight is 335 g/mol. The molecule has 130 valence electrons. The number of aromatic nitrogens is 2. The number of H-pyrrole nitrogens is 1. The van der Waals surface area contributed by atoms with E-state index in [1.807, 2.05) is 20.8 Å². The molecule has 1 fully saturated rings. The summed E-state index contributed by atoms with van der Waals surface area (Å²) >= 11 is 0. The Kier molecular flexibility index (Phi) is 6.06. The topological polar surface area (TPSA) is 49.0 Å². The van der Waals surface area contributed by atoms with E-state index in [2.05, 4.69) is 9.97 Å². The maximum Gasteiger partial charge on any atom is 0.232 e. The molecule has 2 aromatic rings. The van der Waals surface area contributed by atoms with Crippen LogP contribution in [0.15, 0.2) is 24.4 Å². The highest BCUT2D eigenvalue weighted by molar-refractivity contribution is 5.94. The monoisotopic (exact) mass is 335 g/mol. The lowest BCUT2D eigenvalue weighted by molar-refractivity contribution is -0.123. The molecular formula is C18H23F2N3O. The number of nitrogens with zero attached hydrogens (tertiary/aromatic N) is 2. The summed E-state index contributed by atoms with van der Waals surface area (Å²) in [5, 5.41) is 0. The van der Waals surface area contributed by atoms with Gasteiger partial charge in [-0.25, -0.2) is 13.8 Å². The van der Waals surface area contributed by atoms with Crippen LogP contribution in [0, 0.1) is 24.5 Å². The molecule has 3 rings (SSSR count). The summed E-state index contributed by atoms with van der Waals surface area (Å²) < 4.78 is 26.3. The predicted molar refractivity (Wildman–Crippen MR) is 89.8 cm³/mol. The van der Waals surface area contributed by atoms with Gasteiger partial charge >= 0.3 is 0 Å². The number of aromatic amines is 1. The standard InChI is InChI=1S/C16H17F2N3O.C2H6/c1-10-9-19-16(20-10)21-6-2-3-12(15(21)22)7-11-4-5-13(17)14(18)8-11;1-2/h4-5,8-9,12H,2-3,6-7H2,1H3,(H,19,20);1-2H3. The van der Waals surface area contributed by atoms with Gasteiger partial charge in [-0.2, -0.15) is 0 Å². The molecule has 6 heteroatoms. The van der Waals surface area contributed by atoms with Gasteiger partial charge in [0.05, 0.1) is 0 Å². The van der Waals surface area contributed by atoms with Crippen LogP contribution in [0.1, 0.15) is 37.9 Å². The van der Waals surface area contributed by atoms with Crippen molar-refractivity contribution in [1.29, 1.82) is 0 Å². The molecule has 1 unspecified atom stereocenters. The van der Waals surface area contributed by atoms with Gasteiger partial charge < -0.3 is 4.98 Å². The zero-order valence-electron chi connectivity index (χ0n) is 14.3. The fourth-order valence-corrected chi connectivity index (χ4v) is 2.84. The Labute approximate surface area is 140 Å². The van der Waals surface area contributed by atoms with Crippen LogP contribution in [0.3, 0.4) is 0 Å². The summed E-state index contributed by atoms with van der Waals surface area (Å²) in [6, 6.07) is 3.80. The first-order valence-electron chi connectivity index (χ1n) is 8.31. The predicted octanol–water partition coefficient (Wildman–Crippen LogP) is 4.01. The largest absolute Gasteiger partial charge is 0.328 e. The van der Waals surface area contributed by atoms with Gasteiger partial charge in [-0.1, -0.05) is 19.9 Å². The van der Waals surface area contributed by atoms with Gasteiger partial charge in [-0.3, -0.25) is 9.69 Å². The molecule has 1 aliphatic rings. The highest BCUT2D eigenvalue weighted by atomic mass is 19.2. The van der Waals surface area contributed by atoms with Crippen molar-refractivity contribution < 1.29 is 13.6 Å². The molecule has 0 aliphatic carbocycles. The fraction of sp³-hybridized carbons (Fsp3) is 0.444. The van der Waals surface area contributed by atoms with Crippen molar-refractivity contribution in [3.63, 3.8) is 0 Å². The molecular weight excluding hydrogens is 312 g/mol. The second kappa shape index (κ2) is 8.04. The van der Waals surface area contributed by atoms with Crippen molar-refractivity contribution in [3.05, 3.63) is 47.3 Å². The lowest BCUT2D eigenvalue weighted by Gasteiger charge is -2.30. The number of hydrogen-bond acceptors (Lipinski definition) is 2. The maximum atomic E-state index is 13.3. The van der Waals surface area contributed by atoms with Gasteiger partial charge in [0.1, 0.15) is 0 Å². The molecule has 24 heavy (non-hydrogen) atoms. The summed E-state index contributed by atoms with van der Waals surface area (Å²) in [5.74, 6) is -1.45. The number of carbonyl (C=O) groups excluding carboxylic acids is 1. The number of amides is 1. The Morgan fingerprint density at radius 3 is 2.67 bits per heavy atom. The Hall–Kier alpha value is -2.24. The smallest absolute Gasteiger partial charge is 0.232 e. The van der Waals surface area contributed by atoms with Crippen LogP contribution >= 0.6 is 0 Å². The second-order valence-corrected chi connectivity index (χ2v) is 5.67. The molecule has 0 saturated carbocycles. The van der Waals surface area contributed by atoms with Crippen molar-refractivity contribution in [2.24, 2.45) is 5.92 Å². The second-order valence-electron chi connectivity index (χ2n) is 5.67. The fourth-order valence-electron chi connectivity index (χ4n) is 2.84. The molecule has 1 amide bonds. The molecule has 0 bridgehead atoms. The molecule has 0 radical (unpaired) electrons. The molecule has 2 heterocycles. The van der Waals surface area contributed by atoms with Crippen LogP contribution in [-0.2, 0) is 11.2 Å². The third-order valence-electron chi connectivity index (χ3n) is 3.96. The van der Waals surface area contributed by atoms with E-state index >= 15 is 0 Å². The highest BCUT2D eigenvalue weighted by Gasteiger charge is 2.31. The number of carbonyl (C=O) groups is 1. The van der Waals surface area contributed by atoms with Crippen molar-refractivity contribution in [1.82, 2.24) is 9.97 Å². The lowest BCUT2D eigenvalue weighted by atomic mass is 9.90. The quantitative estimate of drug-likeness (QED) is 0.921. The van der Waals surface area contributed by atoms with Gasteiger partial charge in [-0.15, -0.1) is 0 Å². The van der Waals surface area contributed by atoms with Gasteiger partial charge in [0.15, 0.2) is 11.6 Å². The SMILES string of the molecule is CC.Cc1cnc(N2CCCC(Cc3ccc(F)c(F)c3)C2=O)[nH]1. The molecule has 0 spiro atoms. The van der Waals surface area contributed by atoms with Gasteiger partial charge in [-0.05, 0) is 43.9 Å². The number of benzene rings is 1. The molecule has 1 N–H and O–H groups in total. The van der Waals surface area contributed by atoms with Crippen molar-refractivity contribution >= 4 is 11.9 Å². The van der Waals surface area contributed by atoms with E-state index < -0.39 is 11.6 Å². The van der Waals surface area contributed by atoms with E-state index in [1.165, 1.54) is 12.1 Å². The molecule has 1 aromatic carbocycles. The molecule has 4 nitrogen and oxygen atoms in total. The summed E-state index contributed by atoms with van der Waals surface area (Å²) in [7, 11) is 0. The van der Waals surface area contributed by atoms with Crippen LogP contribution in [0.5, 0.6) is 0 Å². The number of piperidine rings is 1. The first-order valence-corrected chi connectivity index (χ1v) is 8.31. The van der Waals surface area contributed by atoms with Crippen molar-refractivity contribution in [2.45, 2.75) is 40.0 Å². The first kappa shape index (κ1) is 18.1. The highest BCUT2D eigenvalue weighted by Crippen LogP contribution is 2.25. The van der Waals surface area contributed by atoms with E-state index in [0.29, 0.717) is 24.5 Å². The Morgan fingerprint density at radius 1 is 1.29 bits per heavy atom. The van der Waals surface area contributed by atoms with E-state index in [0.717, 1.165) is 24.6 Å². The third-order valence-corrected chi connectivity index (χ3v) is 3.96. The number of aryl methyl sites for hydroxylation is 1. The zero-order valence-corrected chi connectivity index (χ0v) is 14.3. The zero-order chi connectivity index (χ0) is 17.7. The summed E-state index contributed by atoms with van der Waals surface area (Å²) in [6.07, 6.45) is 3.70. The normalized spacial score (nSPS) is 17.5. The Balaban J connectivity index is 0.00000100. The summed E-state index contributed by atoms with van der Waals surface area (Å²) in [4.78, 5) is 21.5. The van der Waals surface area contributed by atoms with E-state index in [9.17, 15) is 13.6 Å². The lowest BCUT2D eigenvalue weighted by Crippen LogP contribution is -2.42. The van der Waals surface area contributed by atoms with Crippen LogP contribution in [0.25, 0.3) is 0 Å². The number of halogens is 2. The van der Waals surface area contributed by atoms with Gasteiger partial charge in [0.25, 0.3) is 0 Å². The average Bonchev–Trinajstić information content (AvgIpc) is 3.01. The van der Waals surface area contributed by atoms with Crippen molar-refractivity contribution in [3.8, 4) is 0 Å². The number of anilines is 1. The van der Waals surface area contributed by atoms with Crippen LogP contribution in [0.4, 0.5) is 14.7 Å². The van der Waals surface area contributed by atoms with Crippen LogP contribution < -0.4 is 4.90 Å². The summed E-state index contributed by atoms with van der Waals surface area (Å²) in [6.45, 7) is 6.50. The maximum absolute atomic E-state index is 13.3. The Morgan fingerprint density at radius 2 is 2.04 bits per heavy atom. The van der Waals surface area contributed by atoms with E-state index in [1.54, 1.807) is 11.1 Å². The minimum atomic E-state index is -0.876. The minimum absolute atomic E-state index is 0.0228. The molecule has 1 saturated heterocycles. The molecule has 1 atom stereocenters. The van der Waals surface area contributed by atoms with Crippen molar-refractivity contribution in [2.75, 3.05) is 11.4 Å². The summed E-state index contributed by atoms with van der Waals surface area (Å²) in [5.41, 5.74) is 1.53. The number of nitrogens with one attached hydrogen (secondary N) is 1. The van der Waals surface area contributed by atoms with Gasteiger partial charge in [0, 0.05) is 24.4 Å². The van der Waals surface area contributed by atoms with Crippen LogP contribution in [-0.4, -0.2) is 22.4 Å². The van der Waals surface area contributed by atoms with E-state index in [-0.39, 0.29) is 11.8 Å². The van der Waals surface area contributed by atoms with E-state index in [4.69, 9.17) is 0 Å². The number of rotatable bonds is 3. The number of hydrogen-bond donors (Lipinski definition) is 1. The molecule has 1 aromatic heterocycles. The number of imidazole rings is 1. The Bertz CT molecular complexity index is 699. The first-order chi connectivity index (χ1) is 11.5. The van der Waals surface area contributed by atoms with Crippen LogP contribution in [0.2, 0.25) is 0 Å². The third kappa shape index (κ3) is 3.99.